The SMILES string of the molecule is C[C@H](CS(=O)C(C)(C)C)c1ncn2c1COc1cc(C#N)ccc1-2. The first-order chi connectivity index (χ1) is 11.3. The Morgan fingerprint density at radius 1 is 1.46 bits per heavy atom. The third-order valence-corrected chi connectivity index (χ3v) is 6.33. The fraction of sp³-hybridized carbons (Fsp3) is 0.444. The normalized spacial score (nSPS) is 15.6. The highest BCUT2D eigenvalue weighted by Crippen LogP contribution is 2.34. The van der Waals surface area contributed by atoms with Crippen molar-refractivity contribution in [3.05, 3.63) is 41.5 Å². The quantitative estimate of drug-likeness (QED) is 0.857. The second-order valence-electron chi connectivity index (χ2n) is 7.06. The van der Waals surface area contributed by atoms with Crippen LogP contribution in [-0.4, -0.2) is 24.3 Å². The second-order valence-corrected chi connectivity index (χ2v) is 9.30. The summed E-state index contributed by atoms with van der Waals surface area (Å²) in [6.45, 7) is 8.44. The molecule has 0 amide bonds. The topological polar surface area (TPSA) is 67.9 Å². The summed E-state index contributed by atoms with van der Waals surface area (Å²) < 4.78 is 20.0. The second kappa shape index (κ2) is 6.06. The maximum absolute atomic E-state index is 12.4. The minimum absolute atomic E-state index is 0.0878. The highest BCUT2D eigenvalue weighted by Gasteiger charge is 2.27. The first kappa shape index (κ1) is 16.7. The van der Waals surface area contributed by atoms with E-state index in [0.29, 0.717) is 23.7 Å². The van der Waals surface area contributed by atoms with Gasteiger partial charge in [0.2, 0.25) is 0 Å². The predicted molar refractivity (Wildman–Crippen MR) is 93.8 cm³/mol. The van der Waals surface area contributed by atoms with E-state index in [9.17, 15) is 4.21 Å². The Hall–Kier alpha value is -2.13. The maximum atomic E-state index is 12.4. The van der Waals surface area contributed by atoms with Gasteiger partial charge in [0.25, 0.3) is 0 Å². The molecule has 0 N–H and O–H groups in total. The Morgan fingerprint density at radius 2 is 2.21 bits per heavy atom. The van der Waals surface area contributed by atoms with Crippen molar-refractivity contribution < 1.29 is 8.95 Å². The molecule has 2 atom stereocenters. The van der Waals surface area contributed by atoms with Crippen LogP contribution in [0, 0.1) is 11.3 Å². The van der Waals surface area contributed by atoms with Gasteiger partial charge in [-0.1, -0.05) is 6.92 Å². The van der Waals surface area contributed by atoms with Gasteiger partial charge < -0.3 is 4.74 Å². The number of imidazole rings is 1. The van der Waals surface area contributed by atoms with Crippen LogP contribution in [0.5, 0.6) is 5.75 Å². The number of fused-ring (bicyclic) bond motifs is 3. The molecule has 3 rings (SSSR count). The number of benzene rings is 1. The lowest BCUT2D eigenvalue weighted by molar-refractivity contribution is 0.283. The third kappa shape index (κ3) is 2.96. The molecule has 0 saturated carbocycles. The molecular formula is C18H21N3O2S. The highest BCUT2D eigenvalue weighted by atomic mass is 32.2. The van der Waals surface area contributed by atoms with E-state index in [1.165, 1.54) is 0 Å². The van der Waals surface area contributed by atoms with Crippen LogP contribution in [0.2, 0.25) is 0 Å². The van der Waals surface area contributed by atoms with Crippen molar-refractivity contribution in [3.63, 3.8) is 0 Å². The summed E-state index contributed by atoms with van der Waals surface area (Å²) in [5.74, 6) is 1.36. The average molecular weight is 343 g/mol. The summed E-state index contributed by atoms with van der Waals surface area (Å²) in [5.41, 5.74) is 3.39. The van der Waals surface area contributed by atoms with Crippen LogP contribution in [0.15, 0.2) is 24.5 Å². The number of nitrogens with zero attached hydrogens (tertiary/aromatic N) is 3. The molecule has 0 spiro atoms. The average Bonchev–Trinajstić information content (AvgIpc) is 2.97. The van der Waals surface area contributed by atoms with Gasteiger partial charge in [0.15, 0.2) is 0 Å². The number of ether oxygens (including phenoxy) is 1. The molecule has 0 radical (unpaired) electrons. The van der Waals surface area contributed by atoms with Gasteiger partial charge in [-0.15, -0.1) is 0 Å². The molecule has 1 aliphatic heterocycles. The van der Waals surface area contributed by atoms with Crippen LogP contribution < -0.4 is 4.74 Å². The summed E-state index contributed by atoms with van der Waals surface area (Å²) in [7, 11) is -0.928. The van der Waals surface area contributed by atoms with Gasteiger partial charge in [0, 0.05) is 33.3 Å². The van der Waals surface area contributed by atoms with Crippen molar-refractivity contribution in [2.24, 2.45) is 0 Å². The van der Waals surface area contributed by atoms with Gasteiger partial charge >= 0.3 is 0 Å². The smallest absolute Gasteiger partial charge is 0.145 e. The molecule has 1 aromatic heterocycles. The van der Waals surface area contributed by atoms with Gasteiger partial charge in [-0.2, -0.15) is 5.26 Å². The maximum Gasteiger partial charge on any atom is 0.145 e. The lowest BCUT2D eigenvalue weighted by atomic mass is 10.1. The highest BCUT2D eigenvalue weighted by molar-refractivity contribution is 7.86. The van der Waals surface area contributed by atoms with Gasteiger partial charge in [-0.05, 0) is 32.9 Å². The molecule has 6 heteroatoms. The van der Waals surface area contributed by atoms with E-state index < -0.39 is 10.8 Å². The molecule has 2 heterocycles. The molecule has 0 saturated heterocycles. The van der Waals surface area contributed by atoms with Crippen molar-refractivity contribution in [1.82, 2.24) is 9.55 Å². The number of rotatable bonds is 3. The molecule has 24 heavy (non-hydrogen) atoms. The predicted octanol–water partition coefficient (Wildman–Crippen LogP) is 3.29. The van der Waals surface area contributed by atoms with E-state index in [0.717, 1.165) is 17.1 Å². The molecule has 0 aliphatic carbocycles. The van der Waals surface area contributed by atoms with Crippen molar-refractivity contribution in [3.8, 4) is 17.5 Å². The van der Waals surface area contributed by atoms with Gasteiger partial charge in [-0.3, -0.25) is 8.78 Å². The van der Waals surface area contributed by atoms with Gasteiger partial charge in [-0.25, -0.2) is 4.98 Å². The summed E-state index contributed by atoms with van der Waals surface area (Å²) >= 11 is 0. The van der Waals surface area contributed by atoms with E-state index in [-0.39, 0.29) is 10.7 Å². The largest absolute Gasteiger partial charge is 0.485 e. The number of aromatic nitrogens is 2. The molecule has 1 unspecified atom stereocenters. The monoisotopic (exact) mass is 343 g/mol. The van der Waals surface area contributed by atoms with Crippen molar-refractivity contribution >= 4 is 10.8 Å². The lowest BCUT2D eigenvalue weighted by Gasteiger charge is -2.23. The zero-order valence-corrected chi connectivity index (χ0v) is 15.2. The molecule has 5 nitrogen and oxygen atoms in total. The molecule has 2 aromatic rings. The minimum Gasteiger partial charge on any atom is -0.485 e. The standard InChI is InChI=1S/C18H21N3O2S/c1-12(10-24(22)18(2,3)4)17-15-9-23-16-7-13(8-19)5-6-14(16)21(15)11-20-17/h5-7,11-12H,9-10H2,1-4H3/t12-,24?/m1/s1. The van der Waals surface area contributed by atoms with Crippen LogP contribution in [0.3, 0.4) is 0 Å². The molecule has 0 fully saturated rings. The Labute approximate surface area is 144 Å². The Balaban J connectivity index is 1.92. The van der Waals surface area contributed by atoms with E-state index in [1.807, 2.05) is 31.4 Å². The third-order valence-electron chi connectivity index (χ3n) is 4.16. The molecular weight excluding hydrogens is 322 g/mol. The van der Waals surface area contributed by atoms with Gasteiger partial charge in [0.05, 0.1) is 35.0 Å². The first-order valence-electron chi connectivity index (χ1n) is 7.93. The van der Waals surface area contributed by atoms with Crippen LogP contribution in [0.4, 0.5) is 0 Å². The van der Waals surface area contributed by atoms with Crippen molar-refractivity contribution in [1.29, 1.82) is 5.26 Å². The molecule has 1 aromatic carbocycles. The van der Waals surface area contributed by atoms with E-state index in [4.69, 9.17) is 10.00 Å². The fourth-order valence-electron chi connectivity index (χ4n) is 2.75. The van der Waals surface area contributed by atoms with E-state index in [2.05, 4.69) is 18.0 Å². The Kier molecular flexibility index (Phi) is 4.22. The summed E-state index contributed by atoms with van der Waals surface area (Å²) in [6, 6.07) is 7.52. The van der Waals surface area contributed by atoms with Crippen LogP contribution in [-0.2, 0) is 17.4 Å². The van der Waals surface area contributed by atoms with Crippen molar-refractivity contribution in [2.45, 2.75) is 45.0 Å². The lowest BCUT2D eigenvalue weighted by Crippen LogP contribution is -2.26. The van der Waals surface area contributed by atoms with Crippen LogP contribution >= 0.6 is 0 Å². The first-order valence-corrected chi connectivity index (χ1v) is 9.25. The van der Waals surface area contributed by atoms with E-state index in [1.54, 1.807) is 18.5 Å². The number of hydrogen-bond acceptors (Lipinski definition) is 4. The van der Waals surface area contributed by atoms with E-state index >= 15 is 0 Å². The minimum atomic E-state index is -0.928. The molecule has 126 valence electrons. The molecule has 1 aliphatic rings. The molecule has 0 bridgehead atoms. The summed E-state index contributed by atoms with van der Waals surface area (Å²) in [6.07, 6.45) is 1.79. The Bertz CT molecular complexity index is 843. The van der Waals surface area contributed by atoms with Crippen LogP contribution in [0.25, 0.3) is 5.69 Å². The fourth-order valence-corrected chi connectivity index (χ4v) is 3.86. The van der Waals surface area contributed by atoms with Gasteiger partial charge in [0.1, 0.15) is 12.4 Å². The zero-order valence-electron chi connectivity index (χ0n) is 14.4. The summed E-state index contributed by atoms with van der Waals surface area (Å²) in [4.78, 5) is 4.56. The Morgan fingerprint density at radius 3 is 2.88 bits per heavy atom. The van der Waals surface area contributed by atoms with Crippen molar-refractivity contribution in [2.75, 3.05) is 5.75 Å². The summed E-state index contributed by atoms with van der Waals surface area (Å²) in [5, 5.41) is 9.01. The van der Waals surface area contributed by atoms with Crippen LogP contribution in [0.1, 0.15) is 50.6 Å². The number of hydrogen-bond donors (Lipinski definition) is 0. The number of nitriles is 1. The zero-order chi connectivity index (χ0) is 17.5.